The van der Waals surface area contributed by atoms with Gasteiger partial charge in [0.05, 0.1) is 0 Å². The molecule has 4 N–H and O–H groups in total. The van der Waals surface area contributed by atoms with Gasteiger partial charge in [-0.2, -0.15) is 0 Å². The first kappa shape index (κ1) is 7.12. The summed E-state index contributed by atoms with van der Waals surface area (Å²) in [4.78, 5) is 0. The van der Waals surface area contributed by atoms with Gasteiger partial charge in [-0.1, -0.05) is 18.2 Å². The van der Waals surface area contributed by atoms with Gasteiger partial charge in [-0.25, -0.2) is 0 Å². The summed E-state index contributed by atoms with van der Waals surface area (Å²) >= 11 is 0. The molecule has 3 nitrogen and oxygen atoms in total. The molecule has 52 valence electrons. The molecule has 0 heterocycles. The highest BCUT2D eigenvalue weighted by Gasteiger charge is 2.12. The highest BCUT2D eigenvalue weighted by Crippen LogP contribution is 1.95. The van der Waals surface area contributed by atoms with Gasteiger partial charge >= 0.3 is 7.12 Å². The van der Waals surface area contributed by atoms with Gasteiger partial charge in [0.2, 0.25) is 0 Å². The molecule has 0 saturated heterocycles. The molecule has 0 aliphatic heterocycles. The molecule has 4 heteroatoms. The van der Waals surface area contributed by atoms with E-state index in [0.717, 1.165) is 0 Å². The molecule has 0 fully saturated rings. The number of hydrogen-bond donors (Lipinski definition) is 3. The number of nitrogens with two attached hydrogens (primary N) is 1. The molecule has 0 spiro atoms. The van der Waals surface area contributed by atoms with Crippen molar-refractivity contribution in [3.8, 4) is 0 Å². The Morgan fingerprint density at radius 2 is 1.80 bits per heavy atom. The largest absolute Gasteiger partial charge is 0.490 e. The molecule has 0 bridgehead atoms. The minimum Gasteiger partial charge on any atom is -0.423 e. The third-order valence-corrected chi connectivity index (χ3v) is 1.27. The lowest BCUT2D eigenvalue weighted by atomic mass is 9.79. The van der Waals surface area contributed by atoms with Gasteiger partial charge in [-0.05, 0) is 6.07 Å². The van der Waals surface area contributed by atoms with Gasteiger partial charge in [0.25, 0.3) is 0 Å². The summed E-state index contributed by atoms with van der Waals surface area (Å²) in [6, 6.07) is 6.63. The summed E-state index contributed by atoms with van der Waals surface area (Å²) in [6.45, 7) is 0. The van der Waals surface area contributed by atoms with Crippen LogP contribution in [-0.4, -0.2) is 17.2 Å². The molecule has 1 rings (SSSR count). The second kappa shape index (κ2) is 2.73. The number of anilines is 1. The Morgan fingerprint density at radius 1 is 1.20 bits per heavy atom. The van der Waals surface area contributed by atoms with Gasteiger partial charge in [-0.15, -0.1) is 0 Å². The van der Waals surface area contributed by atoms with Gasteiger partial charge in [-0.3, -0.25) is 0 Å². The maximum Gasteiger partial charge on any atom is 0.490 e. The minimum absolute atomic E-state index is 0.350. The highest BCUT2D eigenvalue weighted by atomic mass is 16.4. The Bertz CT molecular complexity index is 227. The normalized spacial score (nSPS) is 9.40. The standard InChI is InChI=1S/C6H8BNO2/c8-6-4-2-1-3-5(6)7(9)10/h1-4,9-10H,8H2. The van der Waals surface area contributed by atoms with Crippen LogP contribution >= 0.6 is 0 Å². The maximum absolute atomic E-state index is 8.68. The summed E-state index contributed by atoms with van der Waals surface area (Å²) in [6.07, 6.45) is 0. The van der Waals surface area contributed by atoms with Gasteiger partial charge in [0.1, 0.15) is 0 Å². The first-order chi connectivity index (χ1) is 4.72. The zero-order valence-electron chi connectivity index (χ0n) is 5.36. The van der Waals surface area contributed by atoms with Crippen LogP contribution in [0.5, 0.6) is 0 Å². The first-order valence-electron chi connectivity index (χ1n) is 2.92. The van der Waals surface area contributed by atoms with E-state index < -0.39 is 7.12 Å². The van der Waals surface area contributed by atoms with Crippen LogP contribution in [0.15, 0.2) is 24.3 Å². The van der Waals surface area contributed by atoms with Crippen LogP contribution in [0.1, 0.15) is 0 Å². The molecule has 0 atom stereocenters. The summed E-state index contributed by atoms with van der Waals surface area (Å²) < 4.78 is 0. The predicted octanol–water partition coefficient (Wildman–Crippen LogP) is -1.05. The second-order valence-electron chi connectivity index (χ2n) is 2.00. The summed E-state index contributed by atoms with van der Waals surface area (Å²) in [5.41, 5.74) is 6.15. The van der Waals surface area contributed by atoms with E-state index in [2.05, 4.69) is 0 Å². The summed E-state index contributed by atoms with van der Waals surface area (Å²) in [5.74, 6) is 0. The van der Waals surface area contributed by atoms with E-state index in [-0.39, 0.29) is 0 Å². The molecule has 0 amide bonds. The fourth-order valence-corrected chi connectivity index (χ4v) is 0.746. The zero-order valence-corrected chi connectivity index (χ0v) is 5.36. The Hall–Kier alpha value is -0.995. The van der Waals surface area contributed by atoms with Crippen LogP contribution in [0.3, 0.4) is 0 Å². The van der Waals surface area contributed by atoms with Crippen LogP contribution in [-0.2, 0) is 0 Å². The van der Waals surface area contributed by atoms with Crippen LogP contribution in [0.4, 0.5) is 5.69 Å². The number of hydrogen-bond acceptors (Lipinski definition) is 3. The van der Waals surface area contributed by atoms with E-state index in [1.165, 1.54) is 0 Å². The molecular formula is C6H8BNO2. The molecule has 0 aliphatic carbocycles. The van der Waals surface area contributed by atoms with Crippen molar-refractivity contribution in [3.05, 3.63) is 24.3 Å². The van der Waals surface area contributed by atoms with Crippen molar-refractivity contribution in [2.75, 3.05) is 5.73 Å². The SMILES string of the molecule is Nc1ccccc1B(O)O. The predicted molar refractivity (Wildman–Crippen MR) is 40.7 cm³/mol. The number of benzene rings is 1. The lowest BCUT2D eigenvalue weighted by Crippen LogP contribution is -2.31. The van der Waals surface area contributed by atoms with E-state index in [4.69, 9.17) is 15.8 Å². The van der Waals surface area contributed by atoms with E-state index in [0.29, 0.717) is 11.2 Å². The fourth-order valence-electron chi connectivity index (χ4n) is 0.746. The lowest BCUT2D eigenvalue weighted by molar-refractivity contribution is 0.426. The van der Waals surface area contributed by atoms with Crippen molar-refractivity contribution < 1.29 is 10.0 Å². The van der Waals surface area contributed by atoms with E-state index in [1.807, 2.05) is 0 Å². The second-order valence-corrected chi connectivity index (χ2v) is 2.00. The van der Waals surface area contributed by atoms with E-state index >= 15 is 0 Å². The monoisotopic (exact) mass is 137 g/mol. The molecule has 1 aromatic carbocycles. The molecule has 0 aromatic heterocycles. The van der Waals surface area contributed by atoms with Crippen molar-refractivity contribution in [2.45, 2.75) is 0 Å². The van der Waals surface area contributed by atoms with Crippen molar-refractivity contribution in [1.82, 2.24) is 0 Å². The molecule has 10 heavy (non-hydrogen) atoms. The molecule has 0 radical (unpaired) electrons. The summed E-state index contributed by atoms with van der Waals surface area (Å²) in [5, 5.41) is 17.4. The van der Waals surface area contributed by atoms with Crippen molar-refractivity contribution in [3.63, 3.8) is 0 Å². The Morgan fingerprint density at radius 3 is 2.20 bits per heavy atom. The number of para-hydroxylation sites is 1. The molecular weight excluding hydrogens is 129 g/mol. The molecule has 0 aliphatic rings. The number of rotatable bonds is 1. The molecule has 0 unspecified atom stereocenters. The van der Waals surface area contributed by atoms with Gasteiger partial charge in [0.15, 0.2) is 0 Å². The highest BCUT2D eigenvalue weighted by molar-refractivity contribution is 6.60. The Labute approximate surface area is 59.3 Å². The average Bonchev–Trinajstić information content (AvgIpc) is 1.88. The van der Waals surface area contributed by atoms with E-state index in [9.17, 15) is 0 Å². The third kappa shape index (κ3) is 1.29. The zero-order chi connectivity index (χ0) is 7.56. The van der Waals surface area contributed by atoms with E-state index in [1.54, 1.807) is 24.3 Å². The first-order valence-corrected chi connectivity index (χ1v) is 2.92. The van der Waals surface area contributed by atoms with Crippen LogP contribution < -0.4 is 11.2 Å². The molecule has 0 saturated carbocycles. The minimum atomic E-state index is -1.47. The Balaban J connectivity index is 3.03. The smallest absolute Gasteiger partial charge is 0.423 e. The van der Waals surface area contributed by atoms with Crippen LogP contribution in [0, 0.1) is 0 Å². The maximum atomic E-state index is 8.68. The van der Waals surface area contributed by atoms with Crippen LogP contribution in [0.2, 0.25) is 0 Å². The van der Waals surface area contributed by atoms with Crippen LogP contribution in [0.25, 0.3) is 0 Å². The average molecular weight is 137 g/mol. The molecule has 1 aromatic rings. The summed E-state index contributed by atoms with van der Waals surface area (Å²) in [7, 11) is -1.47. The Kier molecular flexibility index (Phi) is 1.94. The fraction of sp³-hybridized carbons (Fsp3) is 0. The lowest BCUT2D eigenvalue weighted by Gasteiger charge is -2.01. The third-order valence-electron chi connectivity index (χ3n) is 1.27. The van der Waals surface area contributed by atoms with Gasteiger partial charge < -0.3 is 15.8 Å². The van der Waals surface area contributed by atoms with Crippen molar-refractivity contribution in [2.24, 2.45) is 0 Å². The quantitative estimate of drug-likeness (QED) is 0.341. The van der Waals surface area contributed by atoms with Crippen molar-refractivity contribution in [1.29, 1.82) is 0 Å². The topological polar surface area (TPSA) is 66.5 Å². The van der Waals surface area contributed by atoms with Crippen molar-refractivity contribution >= 4 is 18.3 Å². The van der Waals surface area contributed by atoms with Gasteiger partial charge in [0, 0.05) is 11.2 Å². The number of nitrogen functional groups attached to an aromatic ring is 1.